The zero-order valence-corrected chi connectivity index (χ0v) is 12.0. The normalized spacial score (nSPS) is 12.3. The Kier molecular flexibility index (Phi) is 5.71. The Balaban J connectivity index is 2.02. The third-order valence-electron chi connectivity index (χ3n) is 3.56. The molecule has 0 fully saturated rings. The van der Waals surface area contributed by atoms with Crippen LogP contribution in [-0.4, -0.2) is 4.98 Å². The van der Waals surface area contributed by atoms with E-state index >= 15 is 0 Å². The first-order chi connectivity index (χ1) is 9.83. The Morgan fingerprint density at radius 1 is 1.10 bits per heavy atom. The number of nitrogens with one attached hydrogen (secondary N) is 1. The number of benzene rings is 1. The summed E-state index contributed by atoms with van der Waals surface area (Å²) in [5.74, 6) is 5.73. The first kappa shape index (κ1) is 14.7. The molecule has 0 aliphatic rings. The predicted octanol–water partition coefficient (Wildman–Crippen LogP) is 3.17. The SMILES string of the molecule is CCCc1cccc(C(CCc2ccncc2)NN)c1. The fraction of sp³-hybridized carbons (Fsp3) is 0.353. The van der Waals surface area contributed by atoms with Crippen molar-refractivity contribution in [2.45, 2.75) is 38.6 Å². The minimum absolute atomic E-state index is 0.194. The molecule has 1 atom stereocenters. The molecule has 0 radical (unpaired) electrons. The van der Waals surface area contributed by atoms with Crippen LogP contribution in [0.5, 0.6) is 0 Å². The molecule has 20 heavy (non-hydrogen) atoms. The van der Waals surface area contributed by atoms with Gasteiger partial charge in [0.1, 0.15) is 0 Å². The van der Waals surface area contributed by atoms with Gasteiger partial charge in [-0.3, -0.25) is 16.3 Å². The van der Waals surface area contributed by atoms with Crippen LogP contribution in [0.2, 0.25) is 0 Å². The molecule has 106 valence electrons. The average Bonchev–Trinajstić information content (AvgIpc) is 2.50. The van der Waals surface area contributed by atoms with Gasteiger partial charge in [0.25, 0.3) is 0 Å². The summed E-state index contributed by atoms with van der Waals surface area (Å²) in [7, 11) is 0. The Hall–Kier alpha value is -1.71. The van der Waals surface area contributed by atoms with Crippen molar-refractivity contribution in [2.24, 2.45) is 5.84 Å². The van der Waals surface area contributed by atoms with Gasteiger partial charge in [0.2, 0.25) is 0 Å². The lowest BCUT2D eigenvalue weighted by atomic mass is 9.97. The summed E-state index contributed by atoms with van der Waals surface area (Å²) < 4.78 is 0. The second kappa shape index (κ2) is 7.78. The van der Waals surface area contributed by atoms with Crippen LogP contribution in [0.4, 0.5) is 0 Å². The molecule has 0 amide bonds. The smallest absolute Gasteiger partial charge is 0.0463 e. The molecule has 2 rings (SSSR count). The maximum Gasteiger partial charge on any atom is 0.0463 e. The van der Waals surface area contributed by atoms with Gasteiger partial charge in [0, 0.05) is 18.4 Å². The van der Waals surface area contributed by atoms with E-state index < -0.39 is 0 Å². The van der Waals surface area contributed by atoms with Crippen molar-refractivity contribution in [3.8, 4) is 0 Å². The number of pyridine rings is 1. The van der Waals surface area contributed by atoms with Gasteiger partial charge < -0.3 is 0 Å². The maximum atomic E-state index is 5.73. The summed E-state index contributed by atoms with van der Waals surface area (Å²) >= 11 is 0. The summed E-state index contributed by atoms with van der Waals surface area (Å²) in [5.41, 5.74) is 6.89. The largest absolute Gasteiger partial charge is 0.271 e. The zero-order valence-electron chi connectivity index (χ0n) is 12.0. The Bertz CT molecular complexity index is 511. The van der Waals surface area contributed by atoms with E-state index in [4.69, 9.17) is 5.84 Å². The Morgan fingerprint density at radius 2 is 1.90 bits per heavy atom. The molecule has 3 N–H and O–H groups in total. The third kappa shape index (κ3) is 4.15. The Morgan fingerprint density at radius 3 is 2.60 bits per heavy atom. The van der Waals surface area contributed by atoms with E-state index in [1.807, 2.05) is 12.4 Å². The van der Waals surface area contributed by atoms with Crippen LogP contribution < -0.4 is 11.3 Å². The Labute approximate surface area is 121 Å². The van der Waals surface area contributed by atoms with Crippen molar-refractivity contribution in [3.63, 3.8) is 0 Å². The van der Waals surface area contributed by atoms with Crippen molar-refractivity contribution in [3.05, 3.63) is 65.5 Å². The number of hydrogen-bond acceptors (Lipinski definition) is 3. The number of hydrogen-bond donors (Lipinski definition) is 2. The standard InChI is InChI=1S/C17H23N3/c1-2-4-15-5-3-6-16(13-15)17(20-18)8-7-14-9-11-19-12-10-14/h3,5-6,9-13,17,20H,2,4,7-8,18H2,1H3. The monoisotopic (exact) mass is 269 g/mol. The van der Waals surface area contributed by atoms with E-state index in [2.05, 4.69) is 53.7 Å². The molecule has 0 spiro atoms. The van der Waals surface area contributed by atoms with Crippen LogP contribution >= 0.6 is 0 Å². The molecule has 0 bridgehead atoms. The molecular formula is C17H23N3. The second-order valence-corrected chi connectivity index (χ2v) is 5.11. The fourth-order valence-corrected chi connectivity index (χ4v) is 2.46. The van der Waals surface area contributed by atoms with Gasteiger partial charge in [-0.05, 0) is 48.1 Å². The van der Waals surface area contributed by atoms with Crippen LogP contribution in [0, 0.1) is 0 Å². The second-order valence-electron chi connectivity index (χ2n) is 5.11. The van der Waals surface area contributed by atoms with Crippen LogP contribution in [0.3, 0.4) is 0 Å². The van der Waals surface area contributed by atoms with Gasteiger partial charge in [0.15, 0.2) is 0 Å². The lowest BCUT2D eigenvalue weighted by molar-refractivity contribution is 0.516. The highest BCUT2D eigenvalue weighted by atomic mass is 15.2. The average molecular weight is 269 g/mol. The van der Waals surface area contributed by atoms with E-state index in [-0.39, 0.29) is 6.04 Å². The van der Waals surface area contributed by atoms with Crippen molar-refractivity contribution in [1.29, 1.82) is 0 Å². The quantitative estimate of drug-likeness (QED) is 0.599. The van der Waals surface area contributed by atoms with Gasteiger partial charge in [-0.15, -0.1) is 0 Å². The van der Waals surface area contributed by atoms with E-state index in [0.717, 1.165) is 19.3 Å². The van der Waals surface area contributed by atoms with Crippen LogP contribution in [0.1, 0.15) is 42.5 Å². The molecule has 1 aromatic carbocycles. The molecule has 1 aromatic heterocycles. The number of rotatable bonds is 7. The number of aryl methyl sites for hydroxylation is 2. The molecular weight excluding hydrogens is 246 g/mol. The highest BCUT2D eigenvalue weighted by Crippen LogP contribution is 2.20. The first-order valence-corrected chi connectivity index (χ1v) is 7.27. The van der Waals surface area contributed by atoms with Crippen LogP contribution in [-0.2, 0) is 12.8 Å². The van der Waals surface area contributed by atoms with Crippen molar-refractivity contribution in [1.82, 2.24) is 10.4 Å². The number of nitrogens with two attached hydrogens (primary N) is 1. The van der Waals surface area contributed by atoms with Crippen molar-refractivity contribution < 1.29 is 0 Å². The fourth-order valence-electron chi connectivity index (χ4n) is 2.46. The molecule has 2 aromatic rings. The third-order valence-corrected chi connectivity index (χ3v) is 3.56. The van der Waals surface area contributed by atoms with E-state index in [1.165, 1.54) is 23.1 Å². The summed E-state index contributed by atoms with van der Waals surface area (Å²) in [5, 5.41) is 0. The summed E-state index contributed by atoms with van der Waals surface area (Å²) in [4.78, 5) is 4.04. The molecule has 3 nitrogen and oxygen atoms in total. The van der Waals surface area contributed by atoms with E-state index in [9.17, 15) is 0 Å². The number of aromatic nitrogens is 1. The molecule has 0 saturated carbocycles. The highest BCUT2D eigenvalue weighted by molar-refractivity contribution is 5.26. The summed E-state index contributed by atoms with van der Waals surface area (Å²) in [6.45, 7) is 2.20. The van der Waals surface area contributed by atoms with Gasteiger partial charge in [-0.25, -0.2) is 0 Å². The van der Waals surface area contributed by atoms with E-state index in [1.54, 1.807) is 0 Å². The van der Waals surface area contributed by atoms with Crippen LogP contribution in [0.25, 0.3) is 0 Å². The van der Waals surface area contributed by atoms with Crippen molar-refractivity contribution >= 4 is 0 Å². The molecule has 0 aliphatic carbocycles. The van der Waals surface area contributed by atoms with Crippen molar-refractivity contribution in [2.75, 3.05) is 0 Å². The molecule has 0 saturated heterocycles. The summed E-state index contributed by atoms with van der Waals surface area (Å²) in [6, 6.07) is 13.0. The lowest BCUT2D eigenvalue weighted by Gasteiger charge is -2.17. The minimum atomic E-state index is 0.194. The number of nitrogens with zero attached hydrogens (tertiary/aromatic N) is 1. The maximum absolute atomic E-state index is 5.73. The highest BCUT2D eigenvalue weighted by Gasteiger charge is 2.10. The molecule has 1 heterocycles. The number of hydrazine groups is 1. The van der Waals surface area contributed by atoms with E-state index in [0.29, 0.717) is 0 Å². The topological polar surface area (TPSA) is 50.9 Å². The lowest BCUT2D eigenvalue weighted by Crippen LogP contribution is -2.28. The minimum Gasteiger partial charge on any atom is -0.271 e. The van der Waals surface area contributed by atoms with Gasteiger partial charge in [-0.2, -0.15) is 0 Å². The van der Waals surface area contributed by atoms with Crippen LogP contribution in [0.15, 0.2) is 48.8 Å². The molecule has 0 aliphatic heterocycles. The molecule has 1 unspecified atom stereocenters. The zero-order chi connectivity index (χ0) is 14.2. The predicted molar refractivity (Wildman–Crippen MR) is 83.1 cm³/mol. The first-order valence-electron chi connectivity index (χ1n) is 7.27. The summed E-state index contributed by atoms with van der Waals surface area (Å²) in [6.07, 6.45) is 7.94. The van der Waals surface area contributed by atoms with Gasteiger partial charge in [0.05, 0.1) is 0 Å². The van der Waals surface area contributed by atoms with Gasteiger partial charge >= 0.3 is 0 Å². The molecule has 3 heteroatoms. The van der Waals surface area contributed by atoms with Gasteiger partial charge in [-0.1, -0.05) is 37.6 Å².